The number of hydrogen-bond donors (Lipinski definition) is 1. The molecule has 2 nitrogen and oxygen atoms in total. The topological polar surface area (TPSA) is 24.9 Å². The zero-order valence-corrected chi connectivity index (χ0v) is 11.0. The van der Waals surface area contributed by atoms with Gasteiger partial charge in [0, 0.05) is 39.4 Å². The van der Waals surface area contributed by atoms with Crippen LogP contribution in [0, 0.1) is 13.1 Å². The smallest absolute Gasteiger partial charge is 0.0435 e. The Kier molecular flexibility index (Phi) is 5.33. The average molecular weight is 387 g/mol. The van der Waals surface area contributed by atoms with Gasteiger partial charge in [0.2, 0.25) is 0 Å². The van der Waals surface area contributed by atoms with Gasteiger partial charge in [0.1, 0.15) is 0 Å². The van der Waals surface area contributed by atoms with Crippen molar-refractivity contribution in [2.45, 2.75) is 6.54 Å². The fraction of sp³-hybridized carbons (Fsp3) is 0.0769. The fourth-order valence-corrected chi connectivity index (χ4v) is 1.39. The van der Waals surface area contributed by atoms with Crippen molar-refractivity contribution >= 4 is 0 Å². The second kappa shape index (κ2) is 6.54. The summed E-state index contributed by atoms with van der Waals surface area (Å²) >= 11 is 0. The molecule has 0 fully saturated rings. The van der Waals surface area contributed by atoms with Gasteiger partial charge in [0.25, 0.3) is 0 Å². The number of aromatic nitrogens is 1. The van der Waals surface area contributed by atoms with Crippen molar-refractivity contribution in [2.24, 2.45) is 0 Å². The summed E-state index contributed by atoms with van der Waals surface area (Å²) in [4.78, 5) is 4.46. The molecule has 0 bridgehead atoms. The summed E-state index contributed by atoms with van der Waals surface area (Å²) in [5.74, 6) is 0. The molecule has 0 saturated carbocycles. The van der Waals surface area contributed by atoms with Crippen molar-refractivity contribution in [2.75, 3.05) is 0 Å². The van der Waals surface area contributed by atoms with Gasteiger partial charge < -0.3 is 5.32 Å². The summed E-state index contributed by atoms with van der Waals surface area (Å²) in [6.07, 6.45) is 0. The normalized spacial score (nSPS) is 9.56. The average Bonchev–Trinajstić information content (AvgIpc) is 2.31. The van der Waals surface area contributed by atoms with Gasteiger partial charge in [-0.1, -0.05) is 12.1 Å². The van der Waals surface area contributed by atoms with E-state index in [4.69, 9.17) is 7.05 Å². The van der Waals surface area contributed by atoms with Crippen LogP contribution in [0.3, 0.4) is 0 Å². The molecular weight excluding hydrogens is 376 g/mol. The Labute approximate surface area is 109 Å². The van der Waals surface area contributed by atoms with Crippen molar-refractivity contribution < 1.29 is 20.1 Å². The number of benzene rings is 1. The van der Waals surface area contributed by atoms with Crippen molar-refractivity contribution in [3.05, 3.63) is 61.3 Å². The molecule has 2 aromatic rings. The second-order valence-electron chi connectivity index (χ2n) is 3.17. The van der Waals surface area contributed by atoms with Crippen LogP contribution < -0.4 is 5.32 Å². The van der Waals surface area contributed by atoms with Gasteiger partial charge in [-0.3, -0.25) is 4.98 Å². The summed E-state index contributed by atoms with van der Waals surface area (Å²) in [7, 11) is 5.25. The van der Waals surface area contributed by atoms with Crippen molar-refractivity contribution in [1.29, 1.82) is 0 Å². The predicted molar refractivity (Wildman–Crippen MR) is 59.6 cm³/mol. The number of rotatable bonds is 3. The summed E-state index contributed by atoms with van der Waals surface area (Å²) in [6.45, 7) is 0.570. The molecule has 3 heteroatoms. The van der Waals surface area contributed by atoms with E-state index in [1.54, 1.807) is 0 Å². The number of nitrogens with one attached hydrogen (secondary N) is 1. The Morgan fingerprint density at radius 2 is 2.06 bits per heavy atom. The van der Waals surface area contributed by atoms with Crippen LogP contribution in [0.4, 0.5) is 0 Å². The van der Waals surface area contributed by atoms with Crippen LogP contribution in [-0.2, 0) is 26.7 Å². The molecular formula is C13H11IrN2-. The molecule has 0 aliphatic rings. The number of hydrogen-bond acceptors (Lipinski definition) is 2. The maximum Gasteiger partial charge on any atom is 0.0435 e. The first kappa shape index (κ1) is 13.0. The monoisotopic (exact) mass is 388 g/mol. The SMILES string of the molecule is [CH]NCc1cccc(-c2[c-]cccc2)n1.[Ir]. The van der Waals surface area contributed by atoms with Crippen LogP contribution in [-0.4, -0.2) is 4.98 Å². The van der Waals surface area contributed by atoms with Crippen molar-refractivity contribution in [3.63, 3.8) is 0 Å². The third kappa shape index (κ3) is 3.24. The molecule has 0 aliphatic carbocycles. The quantitative estimate of drug-likeness (QED) is 0.646. The summed E-state index contributed by atoms with van der Waals surface area (Å²) in [6, 6.07) is 16.8. The largest absolute Gasteiger partial charge is 0.305 e. The van der Waals surface area contributed by atoms with Crippen LogP contribution >= 0.6 is 0 Å². The van der Waals surface area contributed by atoms with Gasteiger partial charge >= 0.3 is 0 Å². The van der Waals surface area contributed by atoms with E-state index < -0.39 is 0 Å². The number of nitrogens with zero attached hydrogens (tertiary/aromatic N) is 1. The Balaban J connectivity index is 0.00000128. The van der Waals surface area contributed by atoms with Crippen LogP contribution in [0.5, 0.6) is 0 Å². The molecule has 1 N–H and O–H groups in total. The van der Waals surface area contributed by atoms with Gasteiger partial charge in [-0.25, -0.2) is 0 Å². The molecule has 2 rings (SSSR count). The molecule has 0 spiro atoms. The molecule has 0 atom stereocenters. The van der Waals surface area contributed by atoms with Crippen LogP contribution in [0.2, 0.25) is 0 Å². The molecule has 1 heterocycles. The maximum absolute atomic E-state index is 5.25. The van der Waals surface area contributed by atoms with Crippen LogP contribution in [0.25, 0.3) is 11.3 Å². The summed E-state index contributed by atoms with van der Waals surface area (Å²) < 4.78 is 0. The van der Waals surface area contributed by atoms with Gasteiger partial charge in [-0.15, -0.1) is 35.9 Å². The standard InChI is InChI=1S/C13H11N2.Ir/c1-14-10-12-8-5-9-13(15-12)11-6-3-2-4-7-11;/h1-6,8-9,14H,10H2;/q-1;. The first-order valence-electron chi connectivity index (χ1n) is 4.76. The Bertz CT molecular complexity index is 429. The molecule has 0 amide bonds. The zero-order valence-electron chi connectivity index (χ0n) is 8.61. The van der Waals surface area contributed by atoms with Gasteiger partial charge in [-0.2, -0.15) is 0 Å². The third-order valence-corrected chi connectivity index (χ3v) is 2.07. The Morgan fingerprint density at radius 1 is 1.19 bits per heavy atom. The van der Waals surface area contributed by atoms with Crippen molar-refractivity contribution in [3.8, 4) is 11.3 Å². The van der Waals surface area contributed by atoms with E-state index in [9.17, 15) is 0 Å². The van der Waals surface area contributed by atoms with Gasteiger partial charge in [-0.05, 0) is 11.8 Å². The van der Waals surface area contributed by atoms with Crippen molar-refractivity contribution in [1.82, 2.24) is 10.3 Å². The minimum Gasteiger partial charge on any atom is -0.305 e. The molecule has 0 aliphatic heterocycles. The first-order valence-corrected chi connectivity index (χ1v) is 4.76. The van der Waals surface area contributed by atoms with Gasteiger partial charge in [0.05, 0.1) is 0 Å². The Hall–Kier alpha value is -1.02. The molecule has 1 aromatic carbocycles. The van der Waals surface area contributed by atoms with E-state index in [0.29, 0.717) is 6.54 Å². The summed E-state index contributed by atoms with van der Waals surface area (Å²) in [5.41, 5.74) is 2.84. The summed E-state index contributed by atoms with van der Waals surface area (Å²) in [5, 5.41) is 2.59. The molecule has 1 aromatic heterocycles. The van der Waals surface area contributed by atoms with E-state index in [1.165, 1.54) is 0 Å². The molecule has 16 heavy (non-hydrogen) atoms. The molecule has 83 valence electrons. The van der Waals surface area contributed by atoms with E-state index in [2.05, 4.69) is 16.4 Å². The van der Waals surface area contributed by atoms with Crippen LogP contribution in [0.1, 0.15) is 5.69 Å². The number of pyridine rings is 1. The van der Waals surface area contributed by atoms with E-state index >= 15 is 0 Å². The van der Waals surface area contributed by atoms with E-state index in [0.717, 1.165) is 17.0 Å². The maximum atomic E-state index is 5.25. The van der Waals surface area contributed by atoms with E-state index in [1.807, 2.05) is 42.5 Å². The molecule has 0 saturated heterocycles. The zero-order chi connectivity index (χ0) is 10.5. The minimum atomic E-state index is 0. The third-order valence-electron chi connectivity index (χ3n) is 2.07. The fourth-order valence-electron chi connectivity index (χ4n) is 1.39. The first-order chi connectivity index (χ1) is 7.40. The van der Waals surface area contributed by atoms with Gasteiger partial charge in [0.15, 0.2) is 0 Å². The second-order valence-corrected chi connectivity index (χ2v) is 3.17. The Morgan fingerprint density at radius 3 is 2.75 bits per heavy atom. The minimum absolute atomic E-state index is 0. The molecule has 3 radical (unpaired) electrons. The molecule has 0 unspecified atom stereocenters. The van der Waals surface area contributed by atoms with E-state index in [-0.39, 0.29) is 20.1 Å². The predicted octanol–water partition coefficient (Wildman–Crippen LogP) is 2.30. The van der Waals surface area contributed by atoms with Crippen LogP contribution in [0.15, 0.2) is 42.5 Å².